The molecule has 3 heterocycles. The number of hydrogen-bond acceptors (Lipinski definition) is 5. The molecule has 0 saturated heterocycles. The van der Waals surface area contributed by atoms with Gasteiger partial charge in [-0.2, -0.15) is 0 Å². The van der Waals surface area contributed by atoms with Crippen molar-refractivity contribution in [2.45, 2.75) is 6.54 Å². The van der Waals surface area contributed by atoms with E-state index in [2.05, 4.69) is 73.7 Å². The number of fused-ring (bicyclic) bond motifs is 3. The number of pyridine rings is 3. The summed E-state index contributed by atoms with van der Waals surface area (Å²) in [4.78, 5) is 16.0. The van der Waals surface area contributed by atoms with Crippen LogP contribution in [0.5, 0.6) is 0 Å². The lowest BCUT2D eigenvalue weighted by molar-refractivity contribution is 0.790. The molecule has 3 aromatic heterocycles. The van der Waals surface area contributed by atoms with Crippen molar-refractivity contribution in [1.82, 2.24) is 15.0 Å². The molecule has 0 spiro atoms. The van der Waals surface area contributed by atoms with Gasteiger partial charge in [-0.05, 0) is 35.9 Å². The zero-order valence-electron chi connectivity index (χ0n) is 17.1. The molecule has 2 aromatic carbocycles. The fourth-order valence-electron chi connectivity index (χ4n) is 3.85. The van der Waals surface area contributed by atoms with Crippen LogP contribution in [0.3, 0.4) is 0 Å². The second-order valence-electron chi connectivity index (χ2n) is 7.42. The average Bonchev–Trinajstić information content (AvgIpc) is 2.84. The number of benzene rings is 2. The summed E-state index contributed by atoms with van der Waals surface area (Å²) in [6, 6.07) is 26.8. The van der Waals surface area contributed by atoms with Crippen LogP contribution in [0.4, 0.5) is 11.5 Å². The van der Waals surface area contributed by atoms with Gasteiger partial charge in [-0.15, -0.1) is 0 Å². The standard InChI is InChI=1S/C26H23N5/c1-2-7-20(8-3-1)19-31(24-10-4-5-14-28-24)18-17-27-23-13-16-30-26-22(23)12-11-21-9-6-15-29-25(21)26/h1-16H,17-19H2,(H,27,30). The molecule has 0 radical (unpaired) electrons. The third-order valence-corrected chi connectivity index (χ3v) is 5.37. The van der Waals surface area contributed by atoms with Crippen molar-refractivity contribution in [1.29, 1.82) is 0 Å². The Kier molecular flexibility index (Phi) is 5.39. The molecule has 5 nitrogen and oxygen atoms in total. The van der Waals surface area contributed by atoms with Crippen LogP contribution in [0.2, 0.25) is 0 Å². The Balaban J connectivity index is 1.37. The molecule has 5 rings (SSSR count). The van der Waals surface area contributed by atoms with Gasteiger partial charge < -0.3 is 10.2 Å². The number of rotatable bonds is 7. The highest BCUT2D eigenvalue weighted by Gasteiger charge is 2.10. The van der Waals surface area contributed by atoms with Crippen molar-refractivity contribution in [3.63, 3.8) is 0 Å². The molecule has 0 fully saturated rings. The van der Waals surface area contributed by atoms with E-state index in [0.29, 0.717) is 0 Å². The lowest BCUT2D eigenvalue weighted by Gasteiger charge is -2.24. The van der Waals surface area contributed by atoms with Gasteiger partial charge in [0.25, 0.3) is 0 Å². The van der Waals surface area contributed by atoms with Gasteiger partial charge in [0.2, 0.25) is 0 Å². The van der Waals surface area contributed by atoms with Crippen LogP contribution >= 0.6 is 0 Å². The minimum Gasteiger partial charge on any atom is -0.383 e. The van der Waals surface area contributed by atoms with Crippen molar-refractivity contribution in [3.8, 4) is 0 Å². The van der Waals surface area contributed by atoms with Gasteiger partial charge in [0.15, 0.2) is 0 Å². The van der Waals surface area contributed by atoms with E-state index in [1.807, 2.05) is 48.9 Å². The van der Waals surface area contributed by atoms with E-state index in [1.165, 1.54) is 5.56 Å². The molecule has 0 unspecified atom stereocenters. The highest BCUT2D eigenvalue weighted by Crippen LogP contribution is 2.27. The number of nitrogens with zero attached hydrogens (tertiary/aromatic N) is 4. The molecule has 0 aliphatic carbocycles. The van der Waals surface area contributed by atoms with E-state index >= 15 is 0 Å². The van der Waals surface area contributed by atoms with E-state index < -0.39 is 0 Å². The van der Waals surface area contributed by atoms with Gasteiger partial charge in [-0.1, -0.05) is 48.5 Å². The Labute approximate surface area is 181 Å². The largest absolute Gasteiger partial charge is 0.383 e. The first kappa shape index (κ1) is 19.0. The highest BCUT2D eigenvalue weighted by atomic mass is 15.2. The molecular formula is C26H23N5. The van der Waals surface area contributed by atoms with E-state index in [0.717, 1.165) is 52.9 Å². The van der Waals surface area contributed by atoms with Gasteiger partial charge in [0.1, 0.15) is 5.82 Å². The molecular weight excluding hydrogens is 382 g/mol. The molecule has 152 valence electrons. The van der Waals surface area contributed by atoms with Crippen LogP contribution in [0.15, 0.2) is 97.5 Å². The van der Waals surface area contributed by atoms with Gasteiger partial charge in [0.05, 0.1) is 11.0 Å². The zero-order valence-corrected chi connectivity index (χ0v) is 17.1. The van der Waals surface area contributed by atoms with Crippen LogP contribution in [0.1, 0.15) is 5.56 Å². The van der Waals surface area contributed by atoms with Crippen molar-refractivity contribution in [2.24, 2.45) is 0 Å². The van der Waals surface area contributed by atoms with Gasteiger partial charge in [-0.25, -0.2) is 4.98 Å². The van der Waals surface area contributed by atoms with E-state index in [1.54, 1.807) is 0 Å². The maximum absolute atomic E-state index is 4.59. The third kappa shape index (κ3) is 4.16. The molecule has 0 atom stereocenters. The first-order valence-electron chi connectivity index (χ1n) is 10.4. The Morgan fingerprint density at radius 2 is 1.52 bits per heavy atom. The fourth-order valence-corrected chi connectivity index (χ4v) is 3.85. The Morgan fingerprint density at radius 1 is 0.677 bits per heavy atom. The van der Waals surface area contributed by atoms with Crippen LogP contribution in [0.25, 0.3) is 21.8 Å². The summed E-state index contributed by atoms with van der Waals surface area (Å²) >= 11 is 0. The minimum absolute atomic E-state index is 0.781. The molecule has 5 aromatic rings. The fraction of sp³-hybridized carbons (Fsp3) is 0.115. The third-order valence-electron chi connectivity index (χ3n) is 5.37. The van der Waals surface area contributed by atoms with Crippen LogP contribution in [-0.4, -0.2) is 28.0 Å². The summed E-state index contributed by atoms with van der Waals surface area (Å²) in [6.45, 7) is 2.41. The lowest BCUT2D eigenvalue weighted by Crippen LogP contribution is -2.29. The topological polar surface area (TPSA) is 53.9 Å². The molecule has 1 N–H and O–H groups in total. The minimum atomic E-state index is 0.781. The summed E-state index contributed by atoms with van der Waals surface area (Å²) in [6.07, 6.45) is 5.51. The number of hydrogen-bond donors (Lipinski definition) is 1. The second-order valence-corrected chi connectivity index (χ2v) is 7.42. The van der Waals surface area contributed by atoms with Crippen LogP contribution in [-0.2, 0) is 6.54 Å². The van der Waals surface area contributed by atoms with Gasteiger partial charge >= 0.3 is 0 Å². The lowest BCUT2D eigenvalue weighted by atomic mass is 10.1. The summed E-state index contributed by atoms with van der Waals surface area (Å²) in [5, 5.41) is 5.79. The molecule has 5 heteroatoms. The quantitative estimate of drug-likeness (QED) is 0.373. The molecule has 0 amide bonds. The predicted molar refractivity (Wildman–Crippen MR) is 127 cm³/mol. The normalized spacial score (nSPS) is 11.0. The predicted octanol–water partition coefficient (Wildman–Crippen LogP) is 5.30. The second kappa shape index (κ2) is 8.79. The first-order chi connectivity index (χ1) is 15.4. The van der Waals surface area contributed by atoms with E-state index in [-0.39, 0.29) is 0 Å². The maximum atomic E-state index is 4.59. The number of aromatic nitrogens is 3. The smallest absolute Gasteiger partial charge is 0.128 e. The summed E-state index contributed by atoms with van der Waals surface area (Å²) < 4.78 is 0. The van der Waals surface area contributed by atoms with Crippen LogP contribution < -0.4 is 10.2 Å². The summed E-state index contributed by atoms with van der Waals surface area (Å²) in [7, 11) is 0. The maximum Gasteiger partial charge on any atom is 0.128 e. The molecule has 0 aliphatic rings. The van der Waals surface area contributed by atoms with Crippen LogP contribution in [0, 0.1) is 0 Å². The molecule has 0 aliphatic heterocycles. The Bertz CT molecular complexity index is 1290. The number of anilines is 2. The SMILES string of the molecule is c1ccc(CN(CCNc2ccnc3c2ccc2cccnc23)c2ccccn2)cc1. The Hall–Kier alpha value is -3.99. The van der Waals surface area contributed by atoms with E-state index in [9.17, 15) is 0 Å². The Morgan fingerprint density at radius 3 is 2.39 bits per heavy atom. The first-order valence-corrected chi connectivity index (χ1v) is 10.4. The number of nitrogens with one attached hydrogen (secondary N) is 1. The van der Waals surface area contributed by atoms with E-state index in [4.69, 9.17) is 0 Å². The van der Waals surface area contributed by atoms with Crippen molar-refractivity contribution < 1.29 is 0 Å². The summed E-state index contributed by atoms with van der Waals surface area (Å²) in [5.41, 5.74) is 4.19. The van der Waals surface area contributed by atoms with Crippen molar-refractivity contribution in [2.75, 3.05) is 23.3 Å². The van der Waals surface area contributed by atoms with Crippen molar-refractivity contribution >= 4 is 33.3 Å². The monoisotopic (exact) mass is 405 g/mol. The van der Waals surface area contributed by atoms with Gasteiger partial charge in [-0.3, -0.25) is 9.97 Å². The van der Waals surface area contributed by atoms with Crippen molar-refractivity contribution in [3.05, 3.63) is 103 Å². The highest BCUT2D eigenvalue weighted by molar-refractivity contribution is 6.06. The summed E-state index contributed by atoms with van der Waals surface area (Å²) in [5.74, 6) is 0.975. The average molecular weight is 406 g/mol. The molecule has 31 heavy (non-hydrogen) atoms. The molecule has 0 saturated carbocycles. The zero-order chi connectivity index (χ0) is 20.9. The molecule has 0 bridgehead atoms. The van der Waals surface area contributed by atoms with Gasteiger partial charge in [0, 0.05) is 54.7 Å².